The Morgan fingerprint density at radius 1 is 1.38 bits per heavy atom. The van der Waals surface area contributed by atoms with Gasteiger partial charge < -0.3 is 14.7 Å². The molecular weight excluding hydrogens is 304 g/mol. The molecule has 2 aliphatic rings. The molecule has 1 fully saturated rings. The minimum Gasteiger partial charge on any atom is -0.352 e. The average Bonchev–Trinajstić information content (AvgIpc) is 3.17. The minimum absolute atomic E-state index is 0.0000709. The van der Waals surface area contributed by atoms with Crippen LogP contribution in [0, 0.1) is 12.8 Å². The second-order valence-corrected chi connectivity index (χ2v) is 7.19. The van der Waals surface area contributed by atoms with Crippen LogP contribution in [-0.4, -0.2) is 47.6 Å². The van der Waals surface area contributed by atoms with Crippen molar-refractivity contribution in [2.24, 2.45) is 5.92 Å². The number of carbonyl (C=O) groups excluding carboxylic acids is 1. The summed E-state index contributed by atoms with van der Waals surface area (Å²) < 4.78 is 5.33. The van der Waals surface area contributed by atoms with Crippen molar-refractivity contribution < 1.29 is 9.32 Å². The van der Waals surface area contributed by atoms with Crippen molar-refractivity contribution in [1.82, 2.24) is 20.4 Å². The summed E-state index contributed by atoms with van der Waals surface area (Å²) in [5.41, 5.74) is 4.08. The van der Waals surface area contributed by atoms with E-state index in [4.69, 9.17) is 4.52 Å². The molecule has 1 aliphatic carbocycles. The molecule has 1 N–H and O–H groups in total. The maximum absolute atomic E-state index is 13.0. The molecular formula is C18H24N4O2. The maximum Gasteiger partial charge on any atom is 0.259 e. The fourth-order valence-corrected chi connectivity index (χ4v) is 4.13. The van der Waals surface area contributed by atoms with Gasteiger partial charge in [0.2, 0.25) is 0 Å². The van der Waals surface area contributed by atoms with Crippen LogP contribution in [0.3, 0.4) is 0 Å². The fourth-order valence-electron chi connectivity index (χ4n) is 4.13. The highest BCUT2D eigenvalue weighted by Gasteiger charge is 2.27. The highest BCUT2D eigenvalue weighted by molar-refractivity contribution is 6.07. The van der Waals surface area contributed by atoms with Gasteiger partial charge in [-0.1, -0.05) is 5.16 Å². The fraction of sp³-hybridized carbons (Fsp3) is 0.611. The maximum atomic E-state index is 13.0. The molecule has 0 saturated carbocycles. The third-order valence-electron chi connectivity index (χ3n) is 5.32. The summed E-state index contributed by atoms with van der Waals surface area (Å²) in [5.74, 6) is 0.529. The quantitative estimate of drug-likeness (QED) is 0.934. The SMILES string of the molecule is Cc1noc2nc3c(c(C(=O)NCC4CCCN(C)C4)c12)CCC3. The Kier molecular flexibility index (Phi) is 4.00. The summed E-state index contributed by atoms with van der Waals surface area (Å²) in [6, 6.07) is 0. The first-order valence-corrected chi connectivity index (χ1v) is 8.88. The van der Waals surface area contributed by atoms with Gasteiger partial charge in [0.1, 0.15) is 0 Å². The summed E-state index contributed by atoms with van der Waals surface area (Å²) in [6.07, 6.45) is 5.27. The van der Waals surface area contributed by atoms with Gasteiger partial charge in [0.05, 0.1) is 16.6 Å². The lowest BCUT2D eigenvalue weighted by molar-refractivity contribution is 0.0937. The number of carbonyl (C=O) groups is 1. The number of aromatic nitrogens is 2. The Bertz CT molecular complexity index is 783. The van der Waals surface area contributed by atoms with Crippen molar-refractivity contribution >= 4 is 17.0 Å². The van der Waals surface area contributed by atoms with E-state index in [1.165, 1.54) is 12.8 Å². The predicted molar refractivity (Wildman–Crippen MR) is 91.1 cm³/mol. The Morgan fingerprint density at radius 3 is 3.08 bits per heavy atom. The van der Waals surface area contributed by atoms with Gasteiger partial charge in [-0.15, -0.1) is 0 Å². The molecule has 6 nitrogen and oxygen atoms in total. The average molecular weight is 328 g/mol. The van der Waals surface area contributed by atoms with E-state index >= 15 is 0 Å². The van der Waals surface area contributed by atoms with Gasteiger partial charge in [-0.3, -0.25) is 4.79 Å². The highest BCUT2D eigenvalue weighted by Crippen LogP contribution is 2.31. The predicted octanol–water partition coefficient (Wildman–Crippen LogP) is 2.09. The van der Waals surface area contributed by atoms with E-state index in [1.807, 2.05) is 6.92 Å². The zero-order valence-electron chi connectivity index (χ0n) is 14.4. The Hall–Kier alpha value is -1.95. The zero-order valence-corrected chi connectivity index (χ0v) is 14.4. The van der Waals surface area contributed by atoms with E-state index in [2.05, 4.69) is 27.4 Å². The third-order valence-corrected chi connectivity index (χ3v) is 5.32. The van der Waals surface area contributed by atoms with Crippen molar-refractivity contribution in [3.05, 3.63) is 22.5 Å². The lowest BCUT2D eigenvalue weighted by Crippen LogP contribution is -2.39. The van der Waals surface area contributed by atoms with E-state index in [1.54, 1.807) is 0 Å². The van der Waals surface area contributed by atoms with E-state index < -0.39 is 0 Å². The van der Waals surface area contributed by atoms with Crippen molar-refractivity contribution in [2.45, 2.75) is 39.0 Å². The topological polar surface area (TPSA) is 71.3 Å². The molecule has 1 amide bonds. The molecule has 1 unspecified atom stereocenters. The highest BCUT2D eigenvalue weighted by atomic mass is 16.5. The molecule has 1 aliphatic heterocycles. The summed E-state index contributed by atoms with van der Waals surface area (Å²) in [6.45, 7) is 4.81. The van der Waals surface area contributed by atoms with Crippen LogP contribution in [0.1, 0.15) is 46.6 Å². The summed E-state index contributed by atoms with van der Waals surface area (Å²) in [4.78, 5) is 19.9. The van der Waals surface area contributed by atoms with Crippen LogP contribution < -0.4 is 5.32 Å². The number of fused-ring (bicyclic) bond motifs is 2. The van der Waals surface area contributed by atoms with Crippen LogP contribution in [0.25, 0.3) is 11.1 Å². The van der Waals surface area contributed by atoms with Crippen molar-refractivity contribution in [3.8, 4) is 0 Å². The van der Waals surface area contributed by atoms with Crippen LogP contribution >= 0.6 is 0 Å². The van der Waals surface area contributed by atoms with Gasteiger partial charge >= 0.3 is 0 Å². The van der Waals surface area contributed by atoms with E-state index in [0.717, 1.165) is 66.8 Å². The Morgan fingerprint density at radius 2 is 2.25 bits per heavy atom. The van der Waals surface area contributed by atoms with E-state index in [0.29, 0.717) is 11.6 Å². The number of amides is 1. The number of hydrogen-bond acceptors (Lipinski definition) is 5. The molecule has 2 aromatic rings. The molecule has 0 bridgehead atoms. The largest absolute Gasteiger partial charge is 0.352 e. The van der Waals surface area contributed by atoms with Crippen LogP contribution in [0.4, 0.5) is 0 Å². The summed E-state index contributed by atoms with van der Waals surface area (Å²) >= 11 is 0. The summed E-state index contributed by atoms with van der Waals surface area (Å²) in [5, 5.41) is 7.97. The number of nitrogens with zero attached hydrogens (tertiary/aromatic N) is 3. The van der Waals surface area contributed by atoms with E-state index in [9.17, 15) is 4.79 Å². The van der Waals surface area contributed by atoms with Crippen LogP contribution in [0.2, 0.25) is 0 Å². The number of nitrogens with one attached hydrogen (secondary N) is 1. The molecule has 3 heterocycles. The first-order chi connectivity index (χ1) is 11.6. The lowest BCUT2D eigenvalue weighted by atomic mass is 9.97. The molecule has 24 heavy (non-hydrogen) atoms. The molecule has 0 spiro atoms. The zero-order chi connectivity index (χ0) is 16.7. The first-order valence-electron chi connectivity index (χ1n) is 8.88. The third kappa shape index (κ3) is 2.69. The van der Waals surface area contributed by atoms with Crippen LogP contribution in [-0.2, 0) is 12.8 Å². The van der Waals surface area contributed by atoms with Gasteiger partial charge in [-0.05, 0) is 64.1 Å². The molecule has 0 aromatic carbocycles. The molecule has 1 atom stereocenters. The van der Waals surface area contributed by atoms with Crippen molar-refractivity contribution in [1.29, 1.82) is 0 Å². The van der Waals surface area contributed by atoms with Crippen molar-refractivity contribution in [2.75, 3.05) is 26.7 Å². The van der Waals surface area contributed by atoms with Gasteiger partial charge in [-0.2, -0.15) is 0 Å². The van der Waals surface area contributed by atoms with E-state index in [-0.39, 0.29) is 5.91 Å². The Labute approximate surface area is 141 Å². The normalized spacial score (nSPS) is 21.2. The molecule has 6 heteroatoms. The first kappa shape index (κ1) is 15.6. The van der Waals surface area contributed by atoms with Gasteiger partial charge in [-0.25, -0.2) is 4.98 Å². The van der Waals surface area contributed by atoms with Crippen LogP contribution in [0.15, 0.2) is 4.52 Å². The number of pyridine rings is 1. The molecule has 1 saturated heterocycles. The number of aryl methyl sites for hydroxylation is 2. The monoisotopic (exact) mass is 328 g/mol. The van der Waals surface area contributed by atoms with Gasteiger partial charge in [0.25, 0.3) is 11.6 Å². The number of piperidine rings is 1. The minimum atomic E-state index is 0.0000709. The van der Waals surface area contributed by atoms with Gasteiger partial charge in [0.15, 0.2) is 0 Å². The molecule has 2 aromatic heterocycles. The van der Waals surface area contributed by atoms with Crippen molar-refractivity contribution in [3.63, 3.8) is 0 Å². The molecule has 128 valence electrons. The lowest BCUT2D eigenvalue weighted by Gasteiger charge is -2.29. The number of likely N-dealkylation sites (tertiary alicyclic amines) is 1. The van der Waals surface area contributed by atoms with Gasteiger partial charge in [0, 0.05) is 18.8 Å². The molecule has 0 radical (unpaired) electrons. The second kappa shape index (κ2) is 6.16. The standard InChI is InChI=1S/C18H24N4O2/c1-11-15-16(13-6-3-7-14(13)20-18(15)24-21-11)17(23)19-9-12-5-4-8-22(2)10-12/h12H,3-10H2,1-2H3,(H,19,23). The Balaban J connectivity index is 1.61. The van der Waals surface area contributed by atoms with Crippen LogP contribution in [0.5, 0.6) is 0 Å². The second-order valence-electron chi connectivity index (χ2n) is 7.19. The number of rotatable bonds is 3. The number of hydrogen-bond donors (Lipinski definition) is 1. The molecule has 4 rings (SSSR count). The smallest absolute Gasteiger partial charge is 0.259 e. The summed E-state index contributed by atoms with van der Waals surface area (Å²) in [7, 11) is 2.15.